The molecule has 37 heavy (non-hydrogen) atoms. The number of amides is 3. The molecule has 1 unspecified atom stereocenters. The van der Waals surface area contributed by atoms with E-state index in [1.165, 1.54) is 0 Å². The van der Waals surface area contributed by atoms with Crippen molar-refractivity contribution in [3.05, 3.63) is 77.5 Å². The lowest BCUT2D eigenvalue weighted by Gasteiger charge is -2.31. The number of likely N-dealkylation sites (tertiary alicyclic amines) is 1. The van der Waals surface area contributed by atoms with E-state index in [0.29, 0.717) is 29.1 Å². The first-order valence-corrected chi connectivity index (χ1v) is 12.6. The average molecular weight is 499 g/mol. The Morgan fingerprint density at radius 2 is 1.81 bits per heavy atom. The lowest BCUT2D eigenvalue weighted by atomic mass is 9.84. The molecule has 8 nitrogen and oxygen atoms in total. The second-order valence-electron chi connectivity index (χ2n) is 9.36. The zero-order chi connectivity index (χ0) is 25.8. The fourth-order valence-corrected chi connectivity index (χ4v) is 5.06. The number of ether oxygens (including phenoxy) is 1. The monoisotopic (exact) mass is 498 g/mol. The van der Waals surface area contributed by atoms with Crippen LogP contribution in [0.25, 0.3) is 10.9 Å². The maximum Gasteiger partial charge on any atom is 0.253 e. The smallest absolute Gasteiger partial charge is 0.253 e. The maximum absolute atomic E-state index is 13.4. The molecule has 8 heteroatoms. The van der Waals surface area contributed by atoms with Gasteiger partial charge in [0.2, 0.25) is 5.91 Å². The normalized spacial score (nSPS) is 16.7. The van der Waals surface area contributed by atoms with Gasteiger partial charge in [-0.15, -0.1) is 0 Å². The Bertz CT molecular complexity index is 1350. The van der Waals surface area contributed by atoms with Crippen LogP contribution in [0, 0.1) is 0 Å². The summed E-state index contributed by atoms with van der Waals surface area (Å²) < 4.78 is 5.20. The molecule has 2 fully saturated rings. The fraction of sp³-hybridized carbons (Fsp3) is 0.310. The Hall–Kier alpha value is -4.20. The van der Waals surface area contributed by atoms with E-state index in [9.17, 15) is 14.4 Å². The number of carbonyl (C=O) groups excluding carboxylic acids is 3. The predicted octanol–water partition coefficient (Wildman–Crippen LogP) is 4.08. The van der Waals surface area contributed by atoms with Gasteiger partial charge in [0.15, 0.2) is 0 Å². The maximum atomic E-state index is 13.4. The number of aromatic nitrogens is 1. The van der Waals surface area contributed by atoms with Gasteiger partial charge in [0.25, 0.3) is 11.8 Å². The van der Waals surface area contributed by atoms with Crippen molar-refractivity contribution < 1.29 is 19.1 Å². The molecule has 2 heterocycles. The molecule has 5 rings (SSSR count). The summed E-state index contributed by atoms with van der Waals surface area (Å²) in [5.74, 6) is 0.0307. The molecule has 1 aromatic heterocycles. The summed E-state index contributed by atoms with van der Waals surface area (Å²) in [6.07, 6.45) is 5.92. The molecule has 1 saturated carbocycles. The third kappa shape index (κ3) is 5.18. The van der Waals surface area contributed by atoms with Crippen molar-refractivity contribution in [1.29, 1.82) is 0 Å². The largest absolute Gasteiger partial charge is 0.497 e. The van der Waals surface area contributed by atoms with E-state index in [-0.39, 0.29) is 30.3 Å². The van der Waals surface area contributed by atoms with Crippen molar-refractivity contribution >= 4 is 34.3 Å². The van der Waals surface area contributed by atoms with Crippen molar-refractivity contribution in [2.75, 3.05) is 25.5 Å². The van der Waals surface area contributed by atoms with Crippen LogP contribution in [0.1, 0.15) is 42.5 Å². The zero-order valence-electron chi connectivity index (χ0n) is 20.8. The standard InChI is InChI=1S/C29H30N4O4/c1-37-21-13-11-20(12-14-21)32-29(36)27(19-6-4-7-19)25-10-5-17-33(25)26(34)18-31-28(35)23-15-16-30-24-9-3-2-8-22(23)24/h2-3,8-9,11-16,25H,4-7,10,17-18H2,1H3,(H,31,35)(H,32,36). The van der Waals surface area contributed by atoms with Gasteiger partial charge < -0.3 is 20.3 Å². The average Bonchev–Trinajstić information content (AvgIpc) is 3.38. The van der Waals surface area contributed by atoms with Crippen LogP contribution in [0.4, 0.5) is 5.69 Å². The van der Waals surface area contributed by atoms with E-state index >= 15 is 0 Å². The molecule has 1 aliphatic heterocycles. The number of hydrogen-bond donors (Lipinski definition) is 2. The van der Waals surface area contributed by atoms with Gasteiger partial charge in [-0.05, 0) is 68.5 Å². The molecule has 1 atom stereocenters. The summed E-state index contributed by atoms with van der Waals surface area (Å²) in [5, 5.41) is 6.52. The van der Waals surface area contributed by atoms with Crippen molar-refractivity contribution in [1.82, 2.24) is 15.2 Å². The number of nitrogens with one attached hydrogen (secondary N) is 2. The topological polar surface area (TPSA) is 101 Å². The van der Waals surface area contributed by atoms with Gasteiger partial charge in [-0.2, -0.15) is 0 Å². The van der Waals surface area contributed by atoms with E-state index in [1.54, 1.807) is 48.5 Å². The number of methoxy groups -OCH3 is 1. The third-order valence-electron chi connectivity index (χ3n) is 7.13. The lowest BCUT2D eigenvalue weighted by Crippen LogP contribution is -2.45. The number of nitrogens with zero attached hydrogens (tertiary/aromatic N) is 2. The Labute approximate surface area is 215 Å². The first kappa shape index (κ1) is 24.5. The molecule has 3 aromatic rings. The van der Waals surface area contributed by atoms with Crippen LogP contribution < -0.4 is 15.4 Å². The highest BCUT2D eigenvalue weighted by Gasteiger charge is 2.37. The number of allylic oxidation sites excluding steroid dienone is 1. The molecule has 190 valence electrons. The van der Waals surface area contributed by atoms with Crippen molar-refractivity contribution in [2.24, 2.45) is 0 Å². The molecule has 1 aliphatic carbocycles. The molecule has 3 amide bonds. The van der Waals surface area contributed by atoms with E-state index in [4.69, 9.17) is 4.74 Å². The summed E-state index contributed by atoms with van der Waals surface area (Å²) >= 11 is 0. The lowest BCUT2D eigenvalue weighted by molar-refractivity contribution is -0.130. The molecule has 1 saturated heterocycles. The predicted molar refractivity (Wildman–Crippen MR) is 141 cm³/mol. The van der Waals surface area contributed by atoms with Crippen LogP contribution >= 0.6 is 0 Å². The number of pyridine rings is 1. The van der Waals surface area contributed by atoms with Crippen molar-refractivity contribution in [2.45, 2.75) is 38.1 Å². The van der Waals surface area contributed by atoms with E-state index < -0.39 is 0 Å². The zero-order valence-corrected chi connectivity index (χ0v) is 20.8. The van der Waals surface area contributed by atoms with Crippen molar-refractivity contribution in [3.63, 3.8) is 0 Å². The number of rotatable bonds is 7. The van der Waals surface area contributed by atoms with Crippen LogP contribution in [-0.4, -0.2) is 53.8 Å². The second-order valence-corrected chi connectivity index (χ2v) is 9.36. The van der Waals surface area contributed by atoms with E-state index in [2.05, 4.69) is 15.6 Å². The van der Waals surface area contributed by atoms with Gasteiger partial charge in [-0.1, -0.05) is 23.8 Å². The van der Waals surface area contributed by atoms with Gasteiger partial charge in [0, 0.05) is 29.4 Å². The molecule has 0 radical (unpaired) electrons. The van der Waals surface area contributed by atoms with Crippen LogP contribution in [0.3, 0.4) is 0 Å². The Kier molecular flexibility index (Phi) is 7.16. The number of para-hydroxylation sites is 1. The number of carbonyl (C=O) groups is 3. The van der Waals surface area contributed by atoms with Gasteiger partial charge >= 0.3 is 0 Å². The Morgan fingerprint density at radius 3 is 2.54 bits per heavy atom. The second kappa shape index (κ2) is 10.8. The number of fused-ring (bicyclic) bond motifs is 1. The van der Waals surface area contributed by atoms with Crippen molar-refractivity contribution in [3.8, 4) is 5.75 Å². The minimum Gasteiger partial charge on any atom is -0.497 e. The molecule has 2 N–H and O–H groups in total. The molecule has 2 aliphatic rings. The van der Waals surface area contributed by atoms with E-state index in [1.807, 2.05) is 24.3 Å². The third-order valence-corrected chi connectivity index (χ3v) is 7.13. The molecular formula is C29H30N4O4. The summed E-state index contributed by atoms with van der Waals surface area (Å²) in [7, 11) is 1.60. The number of hydrogen-bond acceptors (Lipinski definition) is 5. The van der Waals surface area contributed by atoms with Crippen LogP contribution in [0.2, 0.25) is 0 Å². The van der Waals surface area contributed by atoms with Gasteiger partial charge in [0.05, 0.1) is 30.8 Å². The summed E-state index contributed by atoms with van der Waals surface area (Å²) in [5.41, 5.74) is 3.69. The highest BCUT2D eigenvalue weighted by Crippen LogP contribution is 2.35. The van der Waals surface area contributed by atoms with Crippen LogP contribution in [0.15, 0.2) is 71.9 Å². The number of benzene rings is 2. The van der Waals surface area contributed by atoms with Gasteiger partial charge in [-0.25, -0.2) is 0 Å². The first-order chi connectivity index (χ1) is 18.0. The molecule has 2 aromatic carbocycles. The SMILES string of the molecule is COc1ccc(NC(=O)C(=C2CCC2)C2CCCN2C(=O)CNC(=O)c2ccnc3ccccc23)cc1. The quantitative estimate of drug-likeness (QED) is 0.478. The highest BCUT2D eigenvalue weighted by molar-refractivity contribution is 6.07. The molecule has 0 bridgehead atoms. The minimum atomic E-state index is -0.322. The summed E-state index contributed by atoms with van der Waals surface area (Å²) in [6.45, 7) is 0.429. The highest BCUT2D eigenvalue weighted by atomic mass is 16.5. The van der Waals surface area contributed by atoms with Crippen LogP contribution in [0.5, 0.6) is 5.75 Å². The van der Waals surface area contributed by atoms with Crippen LogP contribution in [-0.2, 0) is 9.59 Å². The number of anilines is 1. The first-order valence-electron chi connectivity index (χ1n) is 12.6. The summed E-state index contributed by atoms with van der Waals surface area (Å²) in [4.78, 5) is 45.7. The Morgan fingerprint density at radius 1 is 1.03 bits per heavy atom. The molecule has 0 spiro atoms. The van der Waals surface area contributed by atoms with Gasteiger partial charge in [0.1, 0.15) is 5.75 Å². The van der Waals surface area contributed by atoms with Gasteiger partial charge in [-0.3, -0.25) is 19.4 Å². The minimum absolute atomic E-state index is 0.130. The fourth-order valence-electron chi connectivity index (χ4n) is 5.06. The summed E-state index contributed by atoms with van der Waals surface area (Å²) in [6, 6.07) is 16.0. The van der Waals surface area contributed by atoms with E-state index in [0.717, 1.165) is 48.6 Å². The molecular weight excluding hydrogens is 468 g/mol. The Balaban J connectivity index is 1.28.